The summed E-state index contributed by atoms with van der Waals surface area (Å²) in [4.78, 5) is 23.8. The lowest BCUT2D eigenvalue weighted by Crippen LogP contribution is -2.19. The first-order valence-electron chi connectivity index (χ1n) is 6.85. The van der Waals surface area contributed by atoms with Crippen molar-refractivity contribution in [1.82, 2.24) is 5.32 Å². The Morgan fingerprint density at radius 2 is 1.91 bits per heavy atom. The van der Waals surface area contributed by atoms with Gasteiger partial charge in [0.05, 0.1) is 24.5 Å². The number of esters is 2. The molecule has 1 N–H and O–H groups in total. The quantitative estimate of drug-likeness (QED) is 0.474. The van der Waals surface area contributed by atoms with E-state index in [1.807, 2.05) is 13.0 Å². The van der Waals surface area contributed by atoms with Gasteiger partial charge < -0.3 is 14.8 Å². The molecule has 0 amide bonds. The fraction of sp³-hybridized carbons (Fsp3) is 0.312. The van der Waals surface area contributed by atoms with Gasteiger partial charge in [0, 0.05) is 5.70 Å². The highest BCUT2D eigenvalue weighted by molar-refractivity contribution is 5.99. The normalized spacial score (nSPS) is 16.1. The van der Waals surface area contributed by atoms with Crippen LogP contribution < -0.4 is 5.32 Å². The Morgan fingerprint density at radius 3 is 2.45 bits per heavy atom. The summed E-state index contributed by atoms with van der Waals surface area (Å²) in [6.07, 6.45) is 6.42. The van der Waals surface area contributed by atoms with E-state index in [1.54, 1.807) is 32.1 Å². The third-order valence-corrected chi connectivity index (χ3v) is 2.63. The zero-order valence-corrected chi connectivity index (χ0v) is 12.8. The van der Waals surface area contributed by atoms with Crippen LogP contribution in [0.3, 0.4) is 0 Å². The summed E-state index contributed by atoms with van der Waals surface area (Å²) in [6.45, 7) is 5.46. The maximum absolute atomic E-state index is 12.1. The summed E-state index contributed by atoms with van der Waals surface area (Å²) in [6, 6.07) is 1.74. The lowest BCUT2D eigenvalue weighted by Gasteiger charge is -2.14. The number of nitriles is 1. The van der Waals surface area contributed by atoms with E-state index in [9.17, 15) is 9.59 Å². The van der Waals surface area contributed by atoms with Gasteiger partial charge in [0.1, 0.15) is 11.6 Å². The van der Waals surface area contributed by atoms with Gasteiger partial charge in [-0.1, -0.05) is 6.08 Å². The second-order valence-corrected chi connectivity index (χ2v) is 4.27. The molecule has 22 heavy (non-hydrogen) atoms. The fourth-order valence-corrected chi connectivity index (χ4v) is 1.69. The van der Waals surface area contributed by atoms with Crippen molar-refractivity contribution < 1.29 is 19.1 Å². The number of hydrogen-bond donors (Lipinski definition) is 1. The van der Waals surface area contributed by atoms with Crippen LogP contribution in [0.2, 0.25) is 0 Å². The Labute approximate surface area is 129 Å². The Balaban J connectivity index is 3.28. The molecule has 0 aromatic carbocycles. The summed E-state index contributed by atoms with van der Waals surface area (Å²) in [5.41, 5.74) is 1.10. The van der Waals surface area contributed by atoms with Crippen molar-refractivity contribution in [3.05, 3.63) is 46.8 Å². The topological polar surface area (TPSA) is 88.4 Å². The minimum Gasteiger partial charge on any atom is -0.462 e. The second kappa shape index (κ2) is 8.47. The van der Waals surface area contributed by atoms with Crippen LogP contribution in [-0.4, -0.2) is 25.2 Å². The summed E-state index contributed by atoms with van der Waals surface area (Å²) < 4.78 is 9.77. The van der Waals surface area contributed by atoms with Crippen molar-refractivity contribution >= 4 is 11.9 Å². The SMILES string of the molecule is CCOC(=O)C(/C=C(\C#N)C(=O)OCC)=C1/C=CC=C(C)N1. The van der Waals surface area contributed by atoms with Crippen molar-refractivity contribution in [2.24, 2.45) is 0 Å². The Bertz CT molecular complexity index is 619. The van der Waals surface area contributed by atoms with Crippen LogP contribution in [-0.2, 0) is 19.1 Å². The van der Waals surface area contributed by atoms with Crippen molar-refractivity contribution in [2.75, 3.05) is 13.2 Å². The molecule has 0 radical (unpaired) electrons. The first kappa shape index (κ1) is 17.2. The number of dihydropyridines is 1. The number of hydrogen-bond acceptors (Lipinski definition) is 6. The summed E-state index contributed by atoms with van der Waals surface area (Å²) in [5, 5.41) is 12.1. The minimum absolute atomic E-state index is 0.0927. The molecule has 1 rings (SSSR count). The van der Waals surface area contributed by atoms with E-state index in [0.29, 0.717) is 5.70 Å². The van der Waals surface area contributed by atoms with Gasteiger partial charge in [-0.25, -0.2) is 9.59 Å². The molecule has 0 aromatic rings. The van der Waals surface area contributed by atoms with Crippen LogP contribution in [0.4, 0.5) is 0 Å². The van der Waals surface area contributed by atoms with E-state index in [1.165, 1.54) is 6.08 Å². The summed E-state index contributed by atoms with van der Waals surface area (Å²) in [7, 11) is 0. The van der Waals surface area contributed by atoms with Crippen LogP contribution in [0.1, 0.15) is 20.8 Å². The van der Waals surface area contributed by atoms with Crippen LogP contribution in [0.15, 0.2) is 46.8 Å². The van der Waals surface area contributed by atoms with E-state index in [2.05, 4.69) is 5.32 Å². The van der Waals surface area contributed by atoms with Crippen LogP contribution in [0.25, 0.3) is 0 Å². The third-order valence-electron chi connectivity index (χ3n) is 2.63. The number of carbonyl (C=O) groups is 2. The maximum Gasteiger partial charge on any atom is 0.348 e. The van der Waals surface area contributed by atoms with E-state index < -0.39 is 11.9 Å². The van der Waals surface area contributed by atoms with Crippen molar-refractivity contribution in [3.63, 3.8) is 0 Å². The average Bonchev–Trinajstić information content (AvgIpc) is 2.48. The monoisotopic (exact) mass is 302 g/mol. The van der Waals surface area contributed by atoms with Crippen LogP contribution >= 0.6 is 0 Å². The van der Waals surface area contributed by atoms with Gasteiger partial charge >= 0.3 is 11.9 Å². The number of nitrogens with zero attached hydrogens (tertiary/aromatic N) is 1. The molecule has 1 aliphatic heterocycles. The number of nitrogens with one attached hydrogen (secondary N) is 1. The number of rotatable bonds is 5. The van der Waals surface area contributed by atoms with Gasteiger partial charge in [0.2, 0.25) is 0 Å². The third kappa shape index (κ3) is 4.63. The molecule has 0 aromatic heterocycles. The highest BCUT2D eigenvalue weighted by Crippen LogP contribution is 2.15. The Kier molecular flexibility index (Phi) is 6.64. The van der Waals surface area contributed by atoms with Crippen LogP contribution in [0, 0.1) is 11.3 Å². The average molecular weight is 302 g/mol. The standard InChI is InChI=1S/C16H18N2O4/c1-4-21-15(19)12(10-17)9-13(16(20)22-5-2)14-8-6-7-11(3)18-14/h6-9,18H,4-5H2,1-3H3/b12-9+,14-13-. The maximum atomic E-state index is 12.1. The molecular formula is C16H18N2O4. The minimum atomic E-state index is -0.778. The lowest BCUT2D eigenvalue weighted by atomic mass is 10.1. The Morgan fingerprint density at radius 1 is 1.27 bits per heavy atom. The molecule has 0 aliphatic carbocycles. The van der Waals surface area contributed by atoms with E-state index in [-0.39, 0.29) is 24.4 Å². The highest BCUT2D eigenvalue weighted by Gasteiger charge is 2.19. The van der Waals surface area contributed by atoms with Crippen molar-refractivity contribution in [1.29, 1.82) is 5.26 Å². The number of ether oxygens (including phenoxy) is 2. The van der Waals surface area contributed by atoms with E-state index in [4.69, 9.17) is 14.7 Å². The lowest BCUT2D eigenvalue weighted by molar-refractivity contribution is -0.138. The predicted molar refractivity (Wildman–Crippen MR) is 80.0 cm³/mol. The molecule has 0 unspecified atom stereocenters. The zero-order valence-electron chi connectivity index (χ0n) is 12.8. The highest BCUT2D eigenvalue weighted by atomic mass is 16.5. The first-order valence-corrected chi connectivity index (χ1v) is 6.85. The fourth-order valence-electron chi connectivity index (χ4n) is 1.69. The molecule has 0 bridgehead atoms. The van der Waals surface area contributed by atoms with Crippen molar-refractivity contribution in [2.45, 2.75) is 20.8 Å². The van der Waals surface area contributed by atoms with Gasteiger partial charge in [0.25, 0.3) is 0 Å². The molecule has 1 aliphatic rings. The molecule has 0 spiro atoms. The largest absolute Gasteiger partial charge is 0.462 e. The molecular weight excluding hydrogens is 284 g/mol. The van der Waals surface area contributed by atoms with Crippen molar-refractivity contribution in [3.8, 4) is 6.07 Å². The molecule has 1 heterocycles. The van der Waals surface area contributed by atoms with E-state index >= 15 is 0 Å². The second-order valence-electron chi connectivity index (χ2n) is 4.27. The van der Waals surface area contributed by atoms with Crippen LogP contribution in [0.5, 0.6) is 0 Å². The number of allylic oxidation sites excluding steroid dienone is 4. The van der Waals surface area contributed by atoms with Gasteiger partial charge in [0.15, 0.2) is 0 Å². The van der Waals surface area contributed by atoms with Gasteiger partial charge in [-0.15, -0.1) is 0 Å². The molecule has 6 heteroatoms. The predicted octanol–water partition coefficient (Wildman–Crippen LogP) is 1.88. The first-order chi connectivity index (χ1) is 10.5. The molecule has 6 nitrogen and oxygen atoms in total. The summed E-state index contributed by atoms with van der Waals surface area (Å²) in [5.74, 6) is -1.40. The van der Waals surface area contributed by atoms with E-state index in [0.717, 1.165) is 5.70 Å². The summed E-state index contributed by atoms with van der Waals surface area (Å²) >= 11 is 0. The zero-order chi connectivity index (χ0) is 16.5. The van der Waals surface area contributed by atoms with Gasteiger partial charge in [-0.3, -0.25) is 0 Å². The number of carbonyl (C=O) groups excluding carboxylic acids is 2. The molecule has 0 saturated heterocycles. The smallest absolute Gasteiger partial charge is 0.348 e. The van der Waals surface area contributed by atoms with Gasteiger partial charge in [-0.2, -0.15) is 5.26 Å². The molecule has 0 atom stereocenters. The van der Waals surface area contributed by atoms with Gasteiger partial charge in [-0.05, 0) is 39.0 Å². The molecule has 116 valence electrons. The molecule has 0 saturated carbocycles. The molecule has 0 fully saturated rings. The Hall–Kier alpha value is -2.81.